The zero-order chi connectivity index (χ0) is 11.8. The van der Waals surface area contributed by atoms with E-state index in [4.69, 9.17) is 4.74 Å². The van der Waals surface area contributed by atoms with Gasteiger partial charge in [-0.2, -0.15) is 0 Å². The standard InChI is InChI=1S/C11H15Br2NOS/c1-7-11(2,3-4-15-7)14-6-8-5-9(12)10(13)16-8/h5,7,14H,3-4,6H2,1-2H3. The SMILES string of the molecule is CC1OCCC1(C)NCc1cc(Br)c(Br)s1. The van der Waals surface area contributed by atoms with Crippen molar-refractivity contribution in [1.82, 2.24) is 5.32 Å². The molecule has 1 saturated heterocycles. The Hall–Kier alpha value is 0.580. The van der Waals surface area contributed by atoms with E-state index >= 15 is 0 Å². The average molecular weight is 369 g/mol. The molecule has 2 atom stereocenters. The second kappa shape index (κ2) is 5.06. The minimum atomic E-state index is 0.114. The summed E-state index contributed by atoms with van der Waals surface area (Å²) in [6.07, 6.45) is 1.38. The fourth-order valence-electron chi connectivity index (χ4n) is 1.83. The molecule has 90 valence electrons. The molecular formula is C11H15Br2NOS. The summed E-state index contributed by atoms with van der Waals surface area (Å²) in [7, 11) is 0. The molecule has 2 nitrogen and oxygen atoms in total. The van der Waals surface area contributed by atoms with E-state index in [9.17, 15) is 0 Å². The first-order valence-corrected chi connectivity index (χ1v) is 7.72. The predicted molar refractivity (Wildman–Crippen MR) is 75.0 cm³/mol. The zero-order valence-corrected chi connectivity index (χ0v) is 13.3. The Kier molecular flexibility index (Phi) is 4.12. The molecule has 1 aromatic heterocycles. The second-order valence-electron chi connectivity index (χ2n) is 4.37. The number of thiophene rings is 1. The fraction of sp³-hybridized carbons (Fsp3) is 0.636. The van der Waals surface area contributed by atoms with Crippen LogP contribution in [-0.2, 0) is 11.3 Å². The van der Waals surface area contributed by atoms with Crippen molar-refractivity contribution in [3.8, 4) is 0 Å². The van der Waals surface area contributed by atoms with Crippen molar-refractivity contribution in [2.45, 2.75) is 38.5 Å². The lowest BCUT2D eigenvalue weighted by molar-refractivity contribution is 0.0882. The molecule has 2 unspecified atom stereocenters. The van der Waals surface area contributed by atoms with E-state index in [1.807, 2.05) is 0 Å². The number of hydrogen-bond acceptors (Lipinski definition) is 3. The van der Waals surface area contributed by atoms with Gasteiger partial charge in [-0.25, -0.2) is 0 Å². The highest BCUT2D eigenvalue weighted by Crippen LogP contribution is 2.33. The van der Waals surface area contributed by atoms with Gasteiger partial charge in [0, 0.05) is 28.0 Å². The molecule has 0 amide bonds. The van der Waals surface area contributed by atoms with Gasteiger partial charge in [0.05, 0.1) is 9.89 Å². The molecule has 0 spiro atoms. The summed E-state index contributed by atoms with van der Waals surface area (Å²) in [6, 6.07) is 2.16. The topological polar surface area (TPSA) is 21.3 Å². The maximum absolute atomic E-state index is 5.61. The molecule has 5 heteroatoms. The summed E-state index contributed by atoms with van der Waals surface area (Å²) >= 11 is 8.78. The second-order valence-corrected chi connectivity index (χ2v) is 7.68. The molecule has 16 heavy (non-hydrogen) atoms. The lowest BCUT2D eigenvalue weighted by Gasteiger charge is -2.28. The van der Waals surface area contributed by atoms with Crippen LogP contribution in [0.1, 0.15) is 25.1 Å². The van der Waals surface area contributed by atoms with Gasteiger partial charge in [-0.15, -0.1) is 11.3 Å². The molecule has 1 aromatic rings. The Balaban J connectivity index is 1.96. The summed E-state index contributed by atoms with van der Waals surface area (Å²) in [5.74, 6) is 0. The van der Waals surface area contributed by atoms with Crippen molar-refractivity contribution in [3.05, 3.63) is 19.2 Å². The zero-order valence-electron chi connectivity index (χ0n) is 9.35. The van der Waals surface area contributed by atoms with Gasteiger partial charge in [0.25, 0.3) is 0 Å². The van der Waals surface area contributed by atoms with Crippen LogP contribution in [0.25, 0.3) is 0 Å². The first kappa shape index (κ1) is 13.0. The highest BCUT2D eigenvalue weighted by molar-refractivity contribution is 9.13. The Morgan fingerprint density at radius 3 is 2.88 bits per heavy atom. The molecule has 0 bridgehead atoms. The van der Waals surface area contributed by atoms with Crippen LogP contribution in [-0.4, -0.2) is 18.2 Å². The molecule has 1 aliphatic heterocycles. The number of nitrogens with one attached hydrogen (secondary N) is 1. The van der Waals surface area contributed by atoms with Gasteiger partial charge < -0.3 is 10.1 Å². The molecule has 0 saturated carbocycles. The van der Waals surface area contributed by atoms with Gasteiger partial charge in [-0.3, -0.25) is 0 Å². The summed E-state index contributed by atoms with van der Waals surface area (Å²) in [4.78, 5) is 1.33. The minimum Gasteiger partial charge on any atom is -0.377 e. The van der Waals surface area contributed by atoms with Crippen molar-refractivity contribution in [2.75, 3.05) is 6.61 Å². The molecule has 1 N–H and O–H groups in total. The Morgan fingerprint density at radius 2 is 2.38 bits per heavy atom. The van der Waals surface area contributed by atoms with Crippen LogP contribution in [0.3, 0.4) is 0 Å². The Bertz CT molecular complexity index is 363. The molecule has 1 fully saturated rings. The fourth-order valence-corrected chi connectivity index (χ4v) is 3.95. The van der Waals surface area contributed by atoms with Crippen LogP contribution in [0.4, 0.5) is 0 Å². The smallest absolute Gasteiger partial charge is 0.0843 e. The van der Waals surface area contributed by atoms with Gasteiger partial charge in [-0.05, 0) is 58.2 Å². The highest BCUT2D eigenvalue weighted by Gasteiger charge is 2.36. The lowest BCUT2D eigenvalue weighted by atomic mass is 9.95. The molecule has 0 radical (unpaired) electrons. The average Bonchev–Trinajstić information content (AvgIpc) is 2.71. The third kappa shape index (κ3) is 2.70. The summed E-state index contributed by atoms with van der Waals surface area (Å²) in [5, 5.41) is 3.61. The largest absolute Gasteiger partial charge is 0.377 e. The summed E-state index contributed by atoms with van der Waals surface area (Å²) < 4.78 is 7.90. The number of ether oxygens (including phenoxy) is 1. The Labute approximate surface area is 117 Å². The van der Waals surface area contributed by atoms with Crippen LogP contribution >= 0.6 is 43.2 Å². The van der Waals surface area contributed by atoms with Crippen LogP contribution in [0.15, 0.2) is 14.3 Å². The van der Waals surface area contributed by atoms with Crippen LogP contribution in [0.2, 0.25) is 0 Å². The summed E-state index contributed by atoms with van der Waals surface area (Å²) in [5.41, 5.74) is 0.114. The summed E-state index contributed by atoms with van der Waals surface area (Å²) in [6.45, 7) is 6.14. The number of halogens is 2. The maximum Gasteiger partial charge on any atom is 0.0843 e. The molecular weight excluding hydrogens is 354 g/mol. The third-order valence-electron chi connectivity index (χ3n) is 3.25. The van der Waals surface area contributed by atoms with E-state index in [-0.39, 0.29) is 5.54 Å². The van der Waals surface area contributed by atoms with Crippen LogP contribution in [0.5, 0.6) is 0 Å². The number of rotatable bonds is 3. The van der Waals surface area contributed by atoms with Gasteiger partial charge >= 0.3 is 0 Å². The molecule has 1 aliphatic rings. The van der Waals surface area contributed by atoms with E-state index in [1.165, 1.54) is 4.88 Å². The quantitative estimate of drug-likeness (QED) is 0.872. The van der Waals surface area contributed by atoms with E-state index in [0.717, 1.165) is 27.8 Å². The van der Waals surface area contributed by atoms with Gasteiger partial charge in [0.15, 0.2) is 0 Å². The van der Waals surface area contributed by atoms with Crippen molar-refractivity contribution in [1.29, 1.82) is 0 Å². The van der Waals surface area contributed by atoms with E-state index in [2.05, 4.69) is 57.1 Å². The highest BCUT2D eigenvalue weighted by atomic mass is 79.9. The van der Waals surface area contributed by atoms with Crippen LogP contribution in [0, 0.1) is 0 Å². The van der Waals surface area contributed by atoms with Gasteiger partial charge in [0.1, 0.15) is 0 Å². The van der Waals surface area contributed by atoms with E-state index in [0.29, 0.717) is 6.10 Å². The van der Waals surface area contributed by atoms with Crippen molar-refractivity contribution >= 4 is 43.2 Å². The molecule has 0 aliphatic carbocycles. The first-order chi connectivity index (χ1) is 7.51. The normalized spacial score (nSPS) is 29.9. The number of hydrogen-bond donors (Lipinski definition) is 1. The van der Waals surface area contributed by atoms with Crippen molar-refractivity contribution < 1.29 is 4.74 Å². The monoisotopic (exact) mass is 367 g/mol. The molecule has 2 heterocycles. The molecule has 2 rings (SSSR count). The van der Waals surface area contributed by atoms with Gasteiger partial charge in [-0.1, -0.05) is 0 Å². The van der Waals surface area contributed by atoms with Crippen molar-refractivity contribution in [3.63, 3.8) is 0 Å². The molecule has 0 aromatic carbocycles. The third-order valence-corrected chi connectivity index (χ3v) is 6.51. The van der Waals surface area contributed by atoms with Crippen molar-refractivity contribution in [2.24, 2.45) is 0 Å². The van der Waals surface area contributed by atoms with E-state index in [1.54, 1.807) is 11.3 Å². The lowest BCUT2D eigenvalue weighted by Crippen LogP contribution is -2.47. The predicted octanol–water partition coefficient (Wildman–Crippen LogP) is 3.93. The maximum atomic E-state index is 5.61. The van der Waals surface area contributed by atoms with Crippen LogP contribution < -0.4 is 5.32 Å². The van der Waals surface area contributed by atoms with E-state index < -0.39 is 0 Å². The Morgan fingerprint density at radius 1 is 1.62 bits per heavy atom. The first-order valence-electron chi connectivity index (χ1n) is 5.31. The minimum absolute atomic E-state index is 0.114. The van der Waals surface area contributed by atoms with Gasteiger partial charge in [0.2, 0.25) is 0 Å².